The number of halogens is 1. The zero-order chi connectivity index (χ0) is 15.9. The van der Waals surface area contributed by atoms with Gasteiger partial charge in [-0.2, -0.15) is 5.26 Å². The second kappa shape index (κ2) is 8.13. The second-order valence-corrected chi connectivity index (χ2v) is 6.52. The van der Waals surface area contributed by atoms with Gasteiger partial charge >= 0.3 is 0 Å². The highest BCUT2D eigenvalue weighted by Crippen LogP contribution is 2.20. The molecule has 2 amide bonds. The molecule has 1 saturated heterocycles. The lowest BCUT2D eigenvalue weighted by atomic mass is 9.96. The van der Waals surface area contributed by atoms with Gasteiger partial charge < -0.3 is 10.2 Å². The zero-order valence-electron chi connectivity index (χ0n) is 12.2. The standard InChI is InChI=1S/C16H18IN3O2/c17-14-4-2-1-3-13(14)16(22)20-9-6-12(7-10-20)11-19-15(21)5-8-18/h1-4,12H,5-7,9-11H2,(H,19,21). The van der Waals surface area contributed by atoms with E-state index in [1.165, 1.54) is 0 Å². The summed E-state index contributed by atoms with van der Waals surface area (Å²) in [5, 5.41) is 11.2. The van der Waals surface area contributed by atoms with Crippen LogP contribution in [0.25, 0.3) is 0 Å². The number of rotatable bonds is 4. The number of piperidine rings is 1. The topological polar surface area (TPSA) is 73.2 Å². The molecule has 6 heteroatoms. The number of carbonyl (C=O) groups excluding carboxylic acids is 2. The molecule has 0 unspecified atom stereocenters. The Kier molecular flexibility index (Phi) is 6.19. The number of nitriles is 1. The fraction of sp³-hybridized carbons (Fsp3) is 0.438. The number of hydrogen-bond donors (Lipinski definition) is 1. The molecule has 1 aromatic rings. The van der Waals surface area contributed by atoms with E-state index < -0.39 is 0 Å². The van der Waals surface area contributed by atoms with Gasteiger partial charge in [-0.15, -0.1) is 0 Å². The van der Waals surface area contributed by atoms with E-state index in [1.807, 2.05) is 35.2 Å². The van der Waals surface area contributed by atoms with Crippen LogP contribution in [0.3, 0.4) is 0 Å². The van der Waals surface area contributed by atoms with Gasteiger partial charge in [0.05, 0.1) is 11.6 Å². The van der Waals surface area contributed by atoms with Crippen LogP contribution in [0, 0.1) is 20.8 Å². The lowest BCUT2D eigenvalue weighted by molar-refractivity contribution is -0.120. The first-order chi connectivity index (χ1) is 10.6. The van der Waals surface area contributed by atoms with E-state index in [2.05, 4.69) is 27.9 Å². The molecule has 0 aromatic heterocycles. The summed E-state index contributed by atoms with van der Waals surface area (Å²) in [6, 6.07) is 9.44. The van der Waals surface area contributed by atoms with Crippen LogP contribution in [0.2, 0.25) is 0 Å². The van der Waals surface area contributed by atoms with E-state index >= 15 is 0 Å². The third kappa shape index (κ3) is 4.44. The van der Waals surface area contributed by atoms with Crippen LogP contribution < -0.4 is 5.32 Å². The van der Waals surface area contributed by atoms with Gasteiger partial charge in [-0.1, -0.05) is 12.1 Å². The van der Waals surface area contributed by atoms with Crippen LogP contribution >= 0.6 is 22.6 Å². The van der Waals surface area contributed by atoms with E-state index in [0.717, 1.165) is 22.0 Å². The predicted molar refractivity (Wildman–Crippen MR) is 91.0 cm³/mol. The number of amides is 2. The summed E-state index contributed by atoms with van der Waals surface area (Å²) < 4.78 is 0.969. The van der Waals surface area contributed by atoms with Crippen molar-refractivity contribution in [2.75, 3.05) is 19.6 Å². The average molecular weight is 411 g/mol. The highest BCUT2D eigenvalue weighted by atomic mass is 127. The van der Waals surface area contributed by atoms with Gasteiger partial charge in [0.2, 0.25) is 5.91 Å². The Bertz CT molecular complexity index is 589. The summed E-state index contributed by atoms with van der Waals surface area (Å²) in [6.07, 6.45) is 1.66. The van der Waals surface area contributed by atoms with E-state index in [-0.39, 0.29) is 18.2 Å². The molecule has 1 fully saturated rings. The molecule has 0 aliphatic carbocycles. The molecule has 1 aromatic carbocycles. The molecular weight excluding hydrogens is 393 g/mol. The molecule has 116 valence electrons. The molecule has 1 heterocycles. The van der Waals surface area contributed by atoms with Crippen LogP contribution in [0.15, 0.2) is 24.3 Å². The molecule has 0 saturated carbocycles. The van der Waals surface area contributed by atoms with Crippen molar-refractivity contribution in [1.82, 2.24) is 10.2 Å². The van der Waals surface area contributed by atoms with Gasteiger partial charge in [0.25, 0.3) is 5.91 Å². The van der Waals surface area contributed by atoms with E-state index in [4.69, 9.17) is 5.26 Å². The molecular formula is C16H18IN3O2. The van der Waals surface area contributed by atoms with Crippen LogP contribution in [0.5, 0.6) is 0 Å². The van der Waals surface area contributed by atoms with Crippen LogP contribution in [0.4, 0.5) is 0 Å². The van der Waals surface area contributed by atoms with Crippen molar-refractivity contribution in [3.63, 3.8) is 0 Å². The van der Waals surface area contributed by atoms with Crippen LogP contribution in [-0.2, 0) is 4.79 Å². The lowest BCUT2D eigenvalue weighted by Crippen LogP contribution is -2.41. The normalized spacial score (nSPS) is 15.2. The first-order valence-electron chi connectivity index (χ1n) is 7.29. The van der Waals surface area contributed by atoms with Gasteiger partial charge in [0.1, 0.15) is 6.42 Å². The third-order valence-corrected chi connectivity index (χ3v) is 4.77. The summed E-state index contributed by atoms with van der Waals surface area (Å²) in [5.74, 6) is 0.235. The zero-order valence-corrected chi connectivity index (χ0v) is 14.4. The van der Waals surface area contributed by atoms with Gasteiger partial charge in [-0.05, 0) is 53.5 Å². The highest BCUT2D eigenvalue weighted by Gasteiger charge is 2.24. The largest absolute Gasteiger partial charge is 0.355 e. The fourth-order valence-electron chi connectivity index (χ4n) is 2.54. The smallest absolute Gasteiger partial charge is 0.254 e. The van der Waals surface area contributed by atoms with Crippen molar-refractivity contribution in [3.05, 3.63) is 33.4 Å². The lowest BCUT2D eigenvalue weighted by Gasteiger charge is -2.32. The number of nitrogens with one attached hydrogen (secondary N) is 1. The van der Waals surface area contributed by atoms with Crippen LogP contribution in [-0.4, -0.2) is 36.3 Å². The first-order valence-corrected chi connectivity index (χ1v) is 8.37. The molecule has 0 spiro atoms. The maximum atomic E-state index is 12.5. The summed E-state index contributed by atoms with van der Waals surface area (Å²) >= 11 is 2.18. The number of carbonyl (C=O) groups is 2. The number of nitrogens with zero attached hydrogens (tertiary/aromatic N) is 2. The quantitative estimate of drug-likeness (QED) is 0.773. The van der Waals surface area contributed by atoms with Gasteiger partial charge in [-0.3, -0.25) is 9.59 Å². The molecule has 1 aliphatic heterocycles. The van der Waals surface area contributed by atoms with Gasteiger partial charge in [-0.25, -0.2) is 0 Å². The molecule has 5 nitrogen and oxygen atoms in total. The number of hydrogen-bond acceptors (Lipinski definition) is 3. The summed E-state index contributed by atoms with van der Waals surface area (Å²) in [7, 11) is 0. The van der Waals surface area contributed by atoms with Gasteiger partial charge in [0.15, 0.2) is 0 Å². The van der Waals surface area contributed by atoms with Crippen molar-refractivity contribution in [2.45, 2.75) is 19.3 Å². The second-order valence-electron chi connectivity index (χ2n) is 5.35. The average Bonchev–Trinajstić information content (AvgIpc) is 2.53. The summed E-state index contributed by atoms with van der Waals surface area (Å²) in [4.78, 5) is 25.7. The number of likely N-dealkylation sites (tertiary alicyclic amines) is 1. The van der Waals surface area contributed by atoms with Crippen molar-refractivity contribution in [1.29, 1.82) is 5.26 Å². The molecule has 1 aliphatic rings. The van der Waals surface area contributed by atoms with E-state index in [0.29, 0.717) is 25.6 Å². The molecule has 0 radical (unpaired) electrons. The van der Waals surface area contributed by atoms with Crippen molar-refractivity contribution in [2.24, 2.45) is 5.92 Å². The Hall–Kier alpha value is -1.62. The minimum absolute atomic E-state index is 0.0805. The van der Waals surface area contributed by atoms with E-state index in [1.54, 1.807) is 0 Å². The Balaban J connectivity index is 1.82. The Morgan fingerprint density at radius 2 is 2.00 bits per heavy atom. The van der Waals surface area contributed by atoms with Crippen molar-refractivity contribution >= 4 is 34.4 Å². The minimum Gasteiger partial charge on any atom is -0.355 e. The molecule has 0 atom stereocenters. The van der Waals surface area contributed by atoms with Crippen molar-refractivity contribution in [3.8, 4) is 6.07 Å². The fourth-order valence-corrected chi connectivity index (χ4v) is 3.16. The van der Waals surface area contributed by atoms with E-state index in [9.17, 15) is 9.59 Å². The number of benzene rings is 1. The van der Waals surface area contributed by atoms with Crippen molar-refractivity contribution < 1.29 is 9.59 Å². The SMILES string of the molecule is N#CCC(=O)NCC1CCN(C(=O)c2ccccc2I)CC1. The third-order valence-electron chi connectivity index (χ3n) is 3.83. The predicted octanol–water partition coefficient (Wildman–Crippen LogP) is 2.17. The maximum Gasteiger partial charge on any atom is 0.254 e. The minimum atomic E-state index is -0.222. The molecule has 2 rings (SSSR count). The summed E-state index contributed by atoms with van der Waals surface area (Å²) in [6.45, 7) is 2.01. The highest BCUT2D eigenvalue weighted by molar-refractivity contribution is 14.1. The Labute approximate surface area is 143 Å². The van der Waals surface area contributed by atoms with Gasteiger partial charge in [0, 0.05) is 23.2 Å². The first kappa shape index (κ1) is 16.7. The monoisotopic (exact) mass is 411 g/mol. The summed E-state index contributed by atoms with van der Waals surface area (Å²) in [5.41, 5.74) is 0.754. The Morgan fingerprint density at radius 3 is 2.64 bits per heavy atom. The molecule has 0 bridgehead atoms. The molecule has 1 N–H and O–H groups in total. The molecule has 22 heavy (non-hydrogen) atoms. The Morgan fingerprint density at radius 1 is 1.32 bits per heavy atom. The van der Waals surface area contributed by atoms with Crippen LogP contribution in [0.1, 0.15) is 29.6 Å². The maximum absolute atomic E-state index is 12.5.